The highest BCUT2D eigenvalue weighted by Crippen LogP contribution is 2.33. The summed E-state index contributed by atoms with van der Waals surface area (Å²) in [6.07, 6.45) is 0. The van der Waals surface area contributed by atoms with Crippen molar-refractivity contribution in [3.63, 3.8) is 0 Å². The van der Waals surface area contributed by atoms with Crippen molar-refractivity contribution in [1.82, 2.24) is 0 Å². The maximum atomic E-state index is 13.5. The van der Waals surface area contributed by atoms with Gasteiger partial charge in [-0.05, 0) is 13.0 Å². The van der Waals surface area contributed by atoms with E-state index in [1.54, 1.807) is 0 Å². The van der Waals surface area contributed by atoms with Gasteiger partial charge in [0, 0.05) is 5.56 Å². The molecular weight excluding hydrogens is 214 g/mol. The van der Waals surface area contributed by atoms with Crippen LogP contribution in [-0.2, 0) is 10.5 Å². The van der Waals surface area contributed by atoms with E-state index >= 15 is 0 Å². The smallest absolute Gasteiger partial charge is 0.345 e. The molecule has 1 rings (SSSR count). The molecule has 1 atom stereocenters. The summed E-state index contributed by atoms with van der Waals surface area (Å²) in [7, 11) is 0. The average molecular weight is 221 g/mol. The lowest BCUT2D eigenvalue weighted by Crippen LogP contribution is -2.27. The van der Waals surface area contributed by atoms with Gasteiger partial charge < -0.3 is 5.11 Å². The molecule has 5 heteroatoms. The first-order valence-electron chi connectivity index (χ1n) is 3.74. The molecule has 0 saturated carbocycles. The molecule has 0 aromatic heterocycles. The molecule has 0 spiro atoms. The lowest BCUT2D eigenvalue weighted by molar-refractivity contribution is -0.150. The molecule has 0 saturated heterocycles. The molecule has 76 valence electrons. The van der Waals surface area contributed by atoms with Crippen LogP contribution in [0.2, 0.25) is 5.02 Å². The van der Waals surface area contributed by atoms with E-state index in [1.165, 1.54) is 6.07 Å². The second kappa shape index (κ2) is 3.53. The van der Waals surface area contributed by atoms with Crippen molar-refractivity contribution < 1.29 is 18.7 Å². The van der Waals surface area contributed by atoms with Gasteiger partial charge in [0.2, 0.25) is 5.67 Å². The molecule has 0 amide bonds. The summed E-state index contributed by atoms with van der Waals surface area (Å²) in [6.45, 7) is 0.815. The molecule has 2 nitrogen and oxygen atoms in total. The normalized spacial score (nSPS) is 14.9. The van der Waals surface area contributed by atoms with Crippen LogP contribution in [0.3, 0.4) is 0 Å². The summed E-state index contributed by atoms with van der Waals surface area (Å²) in [5, 5.41) is 8.05. The molecule has 0 aliphatic rings. The van der Waals surface area contributed by atoms with Gasteiger partial charge in [0.15, 0.2) is 0 Å². The number of alkyl halides is 1. The quantitative estimate of drug-likeness (QED) is 0.832. The van der Waals surface area contributed by atoms with Gasteiger partial charge in [0.25, 0.3) is 0 Å². The van der Waals surface area contributed by atoms with Gasteiger partial charge in [0.05, 0.1) is 5.02 Å². The second-order valence-corrected chi connectivity index (χ2v) is 3.29. The van der Waals surface area contributed by atoms with E-state index in [9.17, 15) is 13.6 Å². The predicted octanol–water partition coefficient (Wildman–Crippen LogP) is 2.75. The van der Waals surface area contributed by atoms with E-state index in [1.807, 2.05) is 0 Å². The Bertz CT molecular complexity index is 377. The van der Waals surface area contributed by atoms with Crippen LogP contribution >= 0.6 is 11.6 Å². The molecule has 0 radical (unpaired) electrons. The highest BCUT2D eigenvalue weighted by Gasteiger charge is 2.37. The van der Waals surface area contributed by atoms with E-state index in [0.29, 0.717) is 0 Å². The Balaban J connectivity index is 3.33. The van der Waals surface area contributed by atoms with Crippen LogP contribution in [0, 0.1) is 5.82 Å². The summed E-state index contributed by atoms with van der Waals surface area (Å²) in [6, 6.07) is 3.38. The number of rotatable bonds is 2. The summed E-state index contributed by atoms with van der Waals surface area (Å²) in [5.41, 5.74) is -3.06. The minimum absolute atomic E-state index is 0.383. The third-order valence-corrected chi connectivity index (χ3v) is 2.24. The SMILES string of the molecule is CC(F)(C(=O)O)c1cccc(F)c1Cl. The topological polar surface area (TPSA) is 37.3 Å². The van der Waals surface area contributed by atoms with Gasteiger partial charge in [0.1, 0.15) is 5.82 Å². The number of carbonyl (C=O) groups is 1. The van der Waals surface area contributed by atoms with Gasteiger partial charge in [-0.3, -0.25) is 0 Å². The van der Waals surface area contributed by atoms with Crippen molar-refractivity contribution in [2.45, 2.75) is 12.6 Å². The van der Waals surface area contributed by atoms with Gasteiger partial charge in [-0.15, -0.1) is 0 Å². The van der Waals surface area contributed by atoms with Crippen molar-refractivity contribution in [2.24, 2.45) is 0 Å². The zero-order valence-corrected chi connectivity index (χ0v) is 7.98. The standard InChI is InChI=1S/C9H7ClF2O2/c1-9(12,8(13)14)5-3-2-4-6(11)7(5)10/h2-4H,1H3,(H,13,14). The third kappa shape index (κ3) is 1.70. The maximum absolute atomic E-state index is 13.5. The Morgan fingerprint density at radius 1 is 1.57 bits per heavy atom. The molecule has 1 aromatic rings. The minimum Gasteiger partial charge on any atom is -0.479 e. The lowest BCUT2D eigenvalue weighted by atomic mass is 9.98. The Hall–Kier alpha value is -1.16. The fraction of sp³-hybridized carbons (Fsp3) is 0.222. The molecular formula is C9H7ClF2O2. The second-order valence-electron chi connectivity index (χ2n) is 2.91. The van der Waals surface area contributed by atoms with Gasteiger partial charge in [-0.25, -0.2) is 13.6 Å². The van der Waals surface area contributed by atoms with E-state index in [-0.39, 0.29) is 5.56 Å². The first-order chi connectivity index (χ1) is 6.37. The molecule has 0 heterocycles. The fourth-order valence-electron chi connectivity index (χ4n) is 0.982. The molecule has 1 aromatic carbocycles. The highest BCUT2D eigenvalue weighted by atomic mass is 35.5. The number of carboxylic acid groups (broad SMARTS) is 1. The Morgan fingerprint density at radius 3 is 2.64 bits per heavy atom. The van der Waals surface area contributed by atoms with Gasteiger partial charge in [-0.2, -0.15) is 0 Å². The number of aliphatic carboxylic acids is 1. The molecule has 1 N–H and O–H groups in total. The first-order valence-corrected chi connectivity index (χ1v) is 4.12. The van der Waals surface area contributed by atoms with Crippen molar-refractivity contribution >= 4 is 17.6 Å². The Labute approximate surface area is 84.1 Å². The minimum atomic E-state index is -2.68. The molecule has 1 unspecified atom stereocenters. The monoisotopic (exact) mass is 220 g/mol. The van der Waals surface area contributed by atoms with Crippen molar-refractivity contribution in [2.75, 3.05) is 0 Å². The van der Waals surface area contributed by atoms with Crippen molar-refractivity contribution in [1.29, 1.82) is 0 Å². The first kappa shape index (κ1) is 10.9. The van der Waals surface area contributed by atoms with Gasteiger partial charge >= 0.3 is 5.97 Å². The third-order valence-electron chi connectivity index (χ3n) is 1.86. The van der Waals surface area contributed by atoms with E-state index in [0.717, 1.165) is 19.1 Å². The molecule has 14 heavy (non-hydrogen) atoms. The van der Waals surface area contributed by atoms with Crippen molar-refractivity contribution in [3.8, 4) is 0 Å². The van der Waals surface area contributed by atoms with E-state index < -0.39 is 22.5 Å². The zero-order chi connectivity index (χ0) is 10.9. The Morgan fingerprint density at radius 2 is 2.14 bits per heavy atom. The van der Waals surface area contributed by atoms with E-state index in [4.69, 9.17) is 16.7 Å². The van der Waals surface area contributed by atoms with Crippen LogP contribution < -0.4 is 0 Å². The van der Waals surface area contributed by atoms with Crippen LogP contribution in [0.5, 0.6) is 0 Å². The number of hydrogen-bond acceptors (Lipinski definition) is 1. The lowest BCUT2D eigenvalue weighted by Gasteiger charge is -2.16. The largest absolute Gasteiger partial charge is 0.479 e. The number of carboxylic acids is 1. The summed E-state index contributed by atoms with van der Waals surface area (Å²) in [5.74, 6) is -2.54. The fourth-order valence-corrected chi connectivity index (χ4v) is 1.29. The van der Waals surface area contributed by atoms with Crippen LogP contribution in [0.4, 0.5) is 8.78 Å². The molecule has 0 aliphatic heterocycles. The van der Waals surface area contributed by atoms with Crippen LogP contribution in [-0.4, -0.2) is 11.1 Å². The number of benzene rings is 1. The molecule has 0 aliphatic carbocycles. The summed E-state index contributed by atoms with van der Waals surface area (Å²) < 4.78 is 26.4. The number of halogens is 3. The maximum Gasteiger partial charge on any atom is 0.345 e. The predicted molar refractivity (Wildman–Crippen MR) is 47.5 cm³/mol. The summed E-state index contributed by atoms with van der Waals surface area (Å²) >= 11 is 5.44. The molecule has 0 fully saturated rings. The van der Waals surface area contributed by atoms with Crippen LogP contribution in [0.25, 0.3) is 0 Å². The highest BCUT2D eigenvalue weighted by molar-refractivity contribution is 6.31. The van der Waals surface area contributed by atoms with Crippen molar-refractivity contribution in [3.05, 3.63) is 34.6 Å². The average Bonchev–Trinajstić information content (AvgIpc) is 2.09. The summed E-state index contributed by atoms with van der Waals surface area (Å²) in [4.78, 5) is 10.5. The van der Waals surface area contributed by atoms with Crippen LogP contribution in [0.1, 0.15) is 12.5 Å². The molecule has 0 bridgehead atoms. The Kier molecular flexibility index (Phi) is 2.76. The van der Waals surface area contributed by atoms with E-state index in [2.05, 4.69) is 0 Å². The number of hydrogen-bond donors (Lipinski definition) is 1. The zero-order valence-electron chi connectivity index (χ0n) is 7.22. The van der Waals surface area contributed by atoms with Crippen LogP contribution in [0.15, 0.2) is 18.2 Å². The van der Waals surface area contributed by atoms with Gasteiger partial charge in [-0.1, -0.05) is 23.7 Å².